The van der Waals surface area contributed by atoms with Crippen LogP contribution in [0.4, 0.5) is 5.69 Å². The minimum atomic E-state index is -1.04. The Morgan fingerprint density at radius 1 is 1.27 bits per heavy atom. The summed E-state index contributed by atoms with van der Waals surface area (Å²) >= 11 is 0. The van der Waals surface area contributed by atoms with Crippen molar-refractivity contribution >= 4 is 17.6 Å². The Bertz CT molecular complexity index is 833. The molecule has 1 heterocycles. The summed E-state index contributed by atoms with van der Waals surface area (Å²) in [4.78, 5) is 25.3. The van der Waals surface area contributed by atoms with Gasteiger partial charge in [0.1, 0.15) is 11.5 Å². The van der Waals surface area contributed by atoms with Crippen LogP contribution in [0.1, 0.15) is 29.3 Å². The predicted octanol–water partition coefficient (Wildman–Crippen LogP) is 3.28. The Morgan fingerprint density at radius 3 is 2.81 bits per heavy atom. The highest BCUT2D eigenvalue weighted by Gasteiger charge is 2.31. The lowest BCUT2D eigenvalue weighted by atomic mass is 10.1. The normalized spacial score (nSPS) is 16.0. The molecule has 3 rings (SSSR count). The van der Waals surface area contributed by atoms with Crippen LogP contribution in [-0.4, -0.2) is 36.2 Å². The van der Waals surface area contributed by atoms with E-state index >= 15 is 0 Å². The fraction of sp³-hybridized carbons (Fsp3) is 0.300. The van der Waals surface area contributed by atoms with Gasteiger partial charge in [0.15, 0.2) is 6.10 Å². The summed E-state index contributed by atoms with van der Waals surface area (Å²) in [5.41, 5.74) is 1.73. The molecule has 136 valence electrons. The number of aromatic carboxylic acids is 1. The van der Waals surface area contributed by atoms with Gasteiger partial charge in [0.05, 0.1) is 17.9 Å². The Balaban J connectivity index is 1.69. The van der Waals surface area contributed by atoms with Crippen LogP contribution in [0.3, 0.4) is 0 Å². The second-order valence-electron chi connectivity index (χ2n) is 6.26. The summed E-state index contributed by atoms with van der Waals surface area (Å²) in [5, 5.41) is 9.19. The number of carbonyl (C=O) groups excluding carboxylic acids is 1. The van der Waals surface area contributed by atoms with Crippen molar-refractivity contribution < 1.29 is 24.2 Å². The summed E-state index contributed by atoms with van der Waals surface area (Å²) in [5.74, 6) is 0.0825. The molecule has 1 aliphatic rings. The Morgan fingerprint density at radius 2 is 2.08 bits per heavy atom. The molecule has 26 heavy (non-hydrogen) atoms. The van der Waals surface area contributed by atoms with Gasteiger partial charge in [-0.2, -0.15) is 0 Å². The van der Waals surface area contributed by atoms with Crippen LogP contribution in [0, 0.1) is 6.92 Å². The Kier molecular flexibility index (Phi) is 5.11. The second-order valence-corrected chi connectivity index (χ2v) is 6.26. The number of hydrogen-bond acceptors (Lipinski definition) is 4. The Labute approximate surface area is 152 Å². The van der Waals surface area contributed by atoms with Crippen LogP contribution in [0.5, 0.6) is 11.5 Å². The molecule has 6 nitrogen and oxygen atoms in total. The molecule has 0 aliphatic carbocycles. The van der Waals surface area contributed by atoms with Crippen molar-refractivity contribution in [1.29, 1.82) is 0 Å². The van der Waals surface area contributed by atoms with Crippen molar-refractivity contribution in [2.75, 3.05) is 18.1 Å². The maximum absolute atomic E-state index is 12.5. The smallest absolute Gasteiger partial charge is 0.335 e. The molecule has 0 saturated carbocycles. The summed E-state index contributed by atoms with van der Waals surface area (Å²) in [6, 6.07) is 12.3. The van der Waals surface area contributed by atoms with Crippen LogP contribution in [-0.2, 0) is 4.79 Å². The number of anilines is 1. The zero-order valence-corrected chi connectivity index (χ0v) is 14.8. The molecule has 1 aliphatic heterocycles. The molecule has 1 amide bonds. The molecule has 0 spiro atoms. The molecule has 1 N–H and O–H groups in total. The van der Waals surface area contributed by atoms with Crippen molar-refractivity contribution in [3.05, 3.63) is 53.6 Å². The minimum Gasteiger partial charge on any atom is -0.494 e. The number of aryl methyl sites for hydroxylation is 1. The number of nitrogens with zero attached hydrogens (tertiary/aromatic N) is 1. The largest absolute Gasteiger partial charge is 0.494 e. The van der Waals surface area contributed by atoms with E-state index in [0.717, 1.165) is 11.3 Å². The number of carbonyl (C=O) groups is 2. The molecular formula is C20H21NO5. The zero-order valence-electron chi connectivity index (χ0n) is 14.8. The molecule has 0 fully saturated rings. The summed E-state index contributed by atoms with van der Waals surface area (Å²) in [6.45, 7) is 4.56. The molecule has 1 atom stereocenters. The standard InChI is InChI=1S/C20H21NO5/c1-13-5-3-6-16(11-13)25-10-4-9-21-17-12-15(20(23)24)7-8-18(17)26-14(2)19(21)22/h3,5-8,11-12,14H,4,9-10H2,1-2H3,(H,23,24). The number of carboxylic acids is 1. The van der Waals surface area contributed by atoms with Crippen molar-refractivity contribution in [3.8, 4) is 11.5 Å². The van der Waals surface area contributed by atoms with Crippen LogP contribution < -0.4 is 14.4 Å². The lowest BCUT2D eigenvalue weighted by Gasteiger charge is -2.33. The number of rotatable bonds is 6. The first-order chi connectivity index (χ1) is 12.5. The molecule has 0 saturated heterocycles. The van der Waals surface area contributed by atoms with E-state index in [9.17, 15) is 14.7 Å². The first kappa shape index (κ1) is 17.8. The van der Waals surface area contributed by atoms with E-state index in [-0.39, 0.29) is 11.5 Å². The highest BCUT2D eigenvalue weighted by molar-refractivity contribution is 6.01. The number of benzene rings is 2. The molecular weight excluding hydrogens is 334 g/mol. The van der Waals surface area contributed by atoms with Crippen molar-refractivity contribution in [1.82, 2.24) is 0 Å². The molecule has 6 heteroatoms. The summed E-state index contributed by atoms with van der Waals surface area (Å²) in [6.07, 6.45) is 0.0132. The van der Waals surface area contributed by atoms with Gasteiger partial charge in [0.25, 0.3) is 5.91 Å². The fourth-order valence-electron chi connectivity index (χ4n) is 2.89. The minimum absolute atomic E-state index is 0.121. The van der Waals surface area contributed by atoms with E-state index in [4.69, 9.17) is 9.47 Å². The van der Waals surface area contributed by atoms with Gasteiger partial charge in [0, 0.05) is 6.54 Å². The van der Waals surface area contributed by atoms with E-state index < -0.39 is 12.1 Å². The van der Waals surface area contributed by atoms with Crippen molar-refractivity contribution in [2.45, 2.75) is 26.4 Å². The fourth-order valence-corrected chi connectivity index (χ4v) is 2.89. The van der Waals surface area contributed by atoms with Crippen LogP contribution in [0.15, 0.2) is 42.5 Å². The average molecular weight is 355 g/mol. The maximum atomic E-state index is 12.5. The van der Waals surface area contributed by atoms with E-state index in [1.54, 1.807) is 17.9 Å². The molecule has 0 radical (unpaired) electrons. The third-order valence-electron chi connectivity index (χ3n) is 4.20. The molecule has 2 aromatic carbocycles. The summed E-state index contributed by atoms with van der Waals surface area (Å²) < 4.78 is 11.3. The van der Waals surface area contributed by atoms with E-state index in [1.807, 2.05) is 31.2 Å². The van der Waals surface area contributed by atoms with Gasteiger partial charge in [-0.1, -0.05) is 12.1 Å². The van der Waals surface area contributed by atoms with Crippen molar-refractivity contribution in [3.63, 3.8) is 0 Å². The number of hydrogen-bond donors (Lipinski definition) is 1. The van der Waals surface area contributed by atoms with E-state index in [0.29, 0.717) is 31.0 Å². The summed E-state index contributed by atoms with van der Waals surface area (Å²) in [7, 11) is 0. The second kappa shape index (κ2) is 7.47. The number of ether oxygens (including phenoxy) is 2. The predicted molar refractivity (Wildman–Crippen MR) is 97.1 cm³/mol. The average Bonchev–Trinajstić information content (AvgIpc) is 2.61. The van der Waals surface area contributed by atoms with Gasteiger partial charge >= 0.3 is 5.97 Å². The van der Waals surface area contributed by atoms with Crippen LogP contribution in [0.2, 0.25) is 0 Å². The SMILES string of the molecule is Cc1cccc(OCCCN2C(=O)C(C)Oc3ccc(C(=O)O)cc32)c1. The first-order valence-corrected chi connectivity index (χ1v) is 8.50. The maximum Gasteiger partial charge on any atom is 0.335 e. The molecule has 2 aromatic rings. The number of carboxylic acid groups (broad SMARTS) is 1. The molecule has 0 aromatic heterocycles. The lowest BCUT2D eigenvalue weighted by molar-refractivity contribution is -0.125. The van der Waals surface area contributed by atoms with Gasteiger partial charge in [-0.05, 0) is 56.2 Å². The van der Waals surface area contributed by atoms with Gasteiger partial charge < -0.3 is 19.5 Å². The third kappa shape index (κ3) is 3.79. The van der Waals surface area contributed by atoms with Crippen LogP contribution >= 0.6 is 0 Å². The van der Waals surface area contributed by atoms with E-state index in [1.165, 1.54) is 12.1 Å². The van der Waals surface area contributed by atoms with Gasteiger partial charge in [-0.15, -0.1) is 0 Å². The molecule has 1 unspecified atom stereocenters. The third-order valence-corrected chi connectivity index (χ3v) is 4.20. The molecule has 0 bridgehead atoms. The quantitative estimate of drug-likeness (QED) is 0.805. The van der Waals surface area contributed by atoms with E-state index in [2.05, 4.69) is 0 Å². The monoisotopic (exact) mass is 355 g/mol. The Hall–Kier alpha value is -3.02. The number of amides is 1. The van der Waals surface area contributed by atoms with Gasteiger partial charge in [-0.25, -0.2) is 4.79 Å². The zero-order chi connectivity index (χ0) is 18.7. The highest BCUT2D eigenvalue weighted by Crippen LogP contribution is 2.35. The number of fused-ring (bicyclic) bond motifs is 1. The lowest BCUT2D eigenvalue weighted by Crippen LogP contribution is -2.45. The first-order valence-electron chi connectivity index (χ1n) is 8.50. The van der Waals surface area contributed by atoms with Gasteiger partial charge in [-0.3, -0.25) is 4.79 Å². The highest BCUT2D eigenvalue weighted by atomic mass is 16.5. The topological polar surface area (TPSA) is 76.1 Å². The van der Waals surface area contributed by atoms with Crippen LogP contribution in [0.25, 0.3) is 0 Å². The van der Waals surface area contributed by atoms with Crippen molar-refractivity contribution in [2.24, 2.45) is 0 Å². The van der Waals surface area contributed by atoms with Gasteiger partial charge in [0.2, 0.25) is 0 Å².